The Hall–Kier alpha value is -3.99. The summed E-state index contributed by atoms with van der Waals surface area (Å²) in [5, 5.41) is 20.3. The number of aryl methyl sites for hydroxylation is 2. The van der Waals surface area contributed by atoms with E-state index in [1.54, 1.807) is 32.0 Å². The number of benzene rings is 2. The van der Waals surface area contributed by atoms with E-state index >= 15 is 0 Å². The third-order valence-electron chi connectivity index (χ3n) is 8.36. The van der Waals surface area contributed by atoms with Crippen molar-refractivity contribution in [2.24, 2.45) is 19.8 Å². The number of nitrogens with zero attached hydrogens (tertiary/aromatic N) is 4. The molecule has 4 N–H and O–H groups in total. The molecule has 298 valence electrons. The molecule has 2 aliphatic rings. The minimum Gasteiger partial charge on any atom is -0.493 e. The number of ether oxygens (including phenoxy) is 4. The second-order valence-corrected chi connectivity index (χ2v) is 12.5. The van der Waals surface area contributed by atoms with Crippen molar-refractivity contribution in [1.29, 1.82) is 1.34 Å². The van der Waals surface area contributed by atoms with Gasteiger partial charge >= 0.3 is 5.97 Å². The number of rotatable bonds is 15. The molecule has 13 nitrogen and oxygen atoms in total. The van der Waals surface area contributed by atoms with Gasteiger partial charge in [0.25, 0.3) is 5.91 Å². The Kier molecular flexibility index (Phi) is 20.8. The van der Waals surface area contributed by atoms with Gasteiger partial charge in [0.1, 0.15) is 11.4 Å². The van der Waals surface area contributed by atoms with Gasteiger partial charge in [-0.15, -0.1) is 0 Å². The Bertz CT molecular complexity index is 1770. The molecule has 0 bridgehead atoms. The van der Waals surface area contributed by atoms with E-state index in [4.69, 9.17) is 32.5 Å². The molecule has 16 heteroatoms. The van der Waals surface area contributed by atoms with E-state index in [2.05, 4.69) is 37.7 Å². The summed E-state index contributed by atoms with van der Waals surface area (Å²) in [6.45, 7) is 6.25. The van der Waals surface area contributed by atoms with Crippen LogP contribution in [0.5, 0.6) is 23.0 Å². The van der Waals surface area contributed by atoms with Crippen molar-refractivity contribution >= 4 is 20.3 Å². The third kappa shape index (κ3) is 14.5. The SMILES string of the molecule is CCCOc1c(CN)cccc1OC.CCCOc1c(CNC(=O)c2cc(C3CC3)nn2C)cccc1OC.Cn1nc(C2CC2)cc1C(=O)O.[2H]CF.[3H][B].[U]. The van der Waals surface area contributed by atoms with Gasteiger partial charge in [-0.1, -0.05) is 38.1 Å². The normalized spacial score (nSPS) is 12.7. The van der Waals surface area contributed by atoms with E-state index in [1.807, 2.05) is 49.5 Å². The number of carboxylic acid groups (broad SMARTS) is 1. The molecule has 2 heterocycles. The van der Waals surface area contributed by atoms with E-state index in [0.717, 1.165) is 59.7 Å². The van der Waals surface area contributed by atoms with Crippen LogP contribution in [-0.2, 0) is 27.2 Å². The summed E-state index contributed by atoms with van der Waals surface area (Å²) in [5.41, 5.74) is 10.3. The Morgan fingerprint density at radius 1 is 0.909 bits per heavy atom. The van der Waals surface area contributed by atoms with Crippen LogP contribution in [0.15, 0.2) is 48.5 Å². The van der Waals surface area contributed by atoms with Crippen molar-refractivity contribution in [1.82, 2.24) is 24.9 Å². The minimum atomic E-state index is -1.00. The van der Waals surface area contributed by atoms with Crippen LogP contribution in [-0.4, -0.2) is 80.8 Å². The number of methoxy groups -OCH3 is 2. The Balaban J connectivity index is 0.000000431. The van der Waals surface area contributed by atoms with Crippen molar-refractivity contribution in [2.45, 2.75) is 77.3 Å². The molecule has 2 fully saturated rings. The summed E-state index contributed by atoms with van der Waals surface area (Å²) in [7, 11) is 9.47. The van der Waals surface area contributed by atoms with Crippen molar-refractivity contribution in [3.63, 3.8) is 0 Å². The standard InChI is InChI=1S/C19H25N3O3.C11H17NO2.C8H10N2O2.CH3F.BH.U/c1-4-10-25-18-14(6-5-7-17(18)24-3)12-20-19(23)16-11-15(13-8-9-13)21-22(16)2;1-3-7-14-11-9(8-12)5-4-6-10(11)13-2;1-10-7(8(11)12)4-6(9-10)5-2-3-5;1-2;;/h5-7,11,13H,4,8-10,12H2,1-3H3,(H,20,23);4-6H,3,7-8,12H2,1-2H3;4-5H,2-3H2,1H3,(H,11,12);1H3;1H;/i;;;1D;1T;. The van der Waals surface area contributed by atoms with E-state index in [1.165, 1.54) is 17.5 Å². The van der Waals surface area contributed by atoms with Crippen molar-refractivity contribution < 1.29 is 70.5 Å². The number of alkyl halides is 1. The fraction of sp³-hybridized carbons (Fsp3) is 0.487. The number of para-hydroxylation sites is 2. The fourth-order valence-corrected chi connectivity index (χ4v) is 5.29. The molecular formula is C39H56BFN6O7U. The maximum atomic E-state index is 12.5. The largest absolute Gasteiger partial charge is 0.493 e. The number of carbonyl (C=O) groups excluding carboxylic acids is 1. The number of hydrogen-bond acceptors (Lipinski definition) is 9. The molecule has 55 heavy (non-hydrogen) atoms. The molecule has 2 aromatic carbocycles. The van der Waals surface area contributed by atoms with Crippen LogP contribution in [0.3, 0.4) is 0 Å². The van der Waals surface area contributed by atoms with Gasteiger partial charge in [-0.3, -0.25) is 18.5 Å². The van der Waals surface area contributed by atoms with Gasteiger partial charge in [-0.25, -0.2) is 4.79 Å². The Morgan fingerprint density at radius 3 is 1.75 bits per heavy atom. The van der Waals surface area contributed by atoms with Gasteiger partial charge in [0.05, 0.1) is 47.3 Å². The summed E-state index contributed by atoms with van der Waals surface area (Å²) < 4.78 is 45.8. The predicted molar refractivity (Wildman–Crippen MR) is 208 cm³/mol. The number of hydrogen-bond donors (Lipinski definition) is 3. The minimum absolute atomic E-state index is 0. The number of carbonyl (C=O) groups is 2. The van der Waals surface area contributed by atoms with Gasteiger partial charge in [0.2, 0.25) is 0 Å². The van der Waals surface area contributed by atoms with Crippen LogP contribution in [0.25, 0.3) is 0 Å². The van der Waals surface area contributed by atoms with E-state index < -0.39 is 13.1 Å². The monoisotopic (exact) mass is 991 g/mol. The van der Waals surface area contributed by atoms with Crippen molar-refractivity contribution in [2.75, 3.05) is 34.6 Å². The van der Waals surface area contributed by atoms with Crippen LogP contribution in [0.2, 0.25) is 0 Å². The number of aromatic carboxylic acids is 1. The van der Waals surface area contributed by atoms with Gasteiger partial charge in [0.15, 0.2) is 23.0 Å². The van der Waals surface area contributed by atoms with Gasteiger partial charge in [-0.2, -0.15) is 10.2 Å². The third-order valence-corrected chi connectivity index (χ3v) is 8.36. The van der Waals surface area contributed by atoms with Crippen molar-refractivity contribution in [3.8, 4) is 23.0 Å². The zero-order chi connectivity index (χ0) is 41.6. The number of carboxylic acids is 1. The average molecular weight is 992 g/mol. The molecule has 4 aromatic rings. The average Bonchev–Trinajstić information content (AvgIpc) is 4.16. The van der Waals surface area contributed by atoms with Crippen LogP contribution < -0.4 is 30.0 Å². The van der Waals surface area contributed by atoms with Gasteiger partial charge in [0, 0.05) is 89.6 Å². The van der Waals surface area contributed by atoms with E-state index in [9.17, 15) is 14.0 Å². The summed E-state index contributed by atoms with van der Waals surface area (Å²) >= 11 is 0. The number of nitrogens with one attached hydrogen (secondary N) is 1. The molecular weight excluding hydrogens is 932 g/mol. The number of amides is 1. The molecule has 0 atom stereocenters. The fourth-order valence-electron chi connectivity index (χ4n) is 5.29. The zero-order valence-corrected chi connectivity index (χ0v) is 36.9. The predicted octanol–water partition coefficient (Wildman–Crippen LogP) is 5.90. The van der Waals surface area contributed by atoms with Crippen LogP contribution in [0, 0.1) is 31.1 Å². The smallest absolute Gasteiger partial charge is 0.354 e. The molecule has 1 amide bonds. The maximum absolute atomic E-state index is 12.5. The first-order chi connectivity index (χ1) is 27.1. The first kappa shape index (κ1) is 45.4. The first-order valence-corrected chi connectivity index (χ1v) is 17.8. The summed E-state index contributed by atoms with van der Waals surface area (Å²) in [6.07, 6.45) is 6.51. The number of nitrogens with two attached hydrogens (primary N) is 1. The molecule has 2 aliphatic carbocycles. The molecule has 0 unspecified atom stereocenters. The first-order valence-electron chi connectivity index (χ1n) is 19.1. The quantitative estimate of drug-likeness (QED) is 0.122. The van der Waals surface area contributed by atoms with Crippen LogP contribution in [0.4, 0.5) is 4.39 Å². The topological polar surface area (TPSA) is 165 Å². The summed E-state index contributed by atoms with van der Waals surface area (Å²) in [4.78, 5) is 23.1. The number of aromatic nitrogens is 4. The molecule has 0 spiro atoms. The maximum Gasteiger partial charge on any atom is 0.354 e. The van der Waals surface area contributed by atoms with E-state index in [0.29, 0.717) is 55.3 Å². The second-order valence-electron chi connectivity index (χ2n) is 12.5. The molecule has 0 aliphatic heterocycles. The van der Waals surface area contributed by atoms with Crippen LogP contribution in [0.1, 0.15) is 109 Å². The molecule has 2 radical (unpaired) electrons. The van der Waals surface area contributed by atoms with E-state index in [-0.39, 0.29) is 42.7 Å². The molecule has 0 saturated heterocycles. The molecule has 6 rings (SSSR count). The van der Waals surface area contributed by atoms with Crippen molar-refractivity contribution in [3.05, 3.63) is 82.4 Å². The summed E-state index contributed by atoms with van der Waals surface area (Å²) in [5.74, 6) is 2.90. The number of halogens is 1. The van der Waals surface area contributed by atoms with Crippen LogP contribution >= 0.6 is 0 Å². The van der Waals surface area contributed by atoms with Gasteiger partial charge < -0.3 is 35.1 Å². The zero-order valence-electron chi connectivity index (χ0n) is 34.8. The summed E-state index contributed by atoms with van der Waals surface area (Å²) in [6, 6.07) is 15.0. The van der Waals surface area contributed by atoms with Gasteiger partial charge in [-0.05, 0) is 64.1 Å². The Labute approximate surface area is 352 Å². The Morgan fingerprint density at radius 2 is 1.35 bits per heavy atom. The molecule has 2 saturated carbocycles. The second kappa shape index (κ2) is 25.2. The molecule has 2 aromatic heterocycles.